The van der Waals surface area contributed by atoms with Gasteiger partial charge in [0.1, 0.15) is 6.54 Å². The van der Waals surface area contributed by atoms with Gasteiger partial charge in [-0.3, -0.25) is 24.2 Å². The van der Waals surface area contributed by atoms with Gasteiger partial charge in [-0.2, -0.15) is 0 Å². The van der Waals surface area contributed by atoms with Crippen LogP contribution in [0.5, 0.6) is 0 Å². The maximum atomic E-state index is 12.5. The molecule has 2 atom stereocenters. The number of rotatable bonds is 8. The summed E-state index contributed by atoms with van der Waals surface area (Å²) in [7, 11) is 0. The molecule has 3 amide bonds. The first-order valence-corrected chi connectivity index (χ1v) is 10.5. The number of nitrogens with one attached hydrogen (secondary N) is 1. The van der Waals surface area contributed by atoms with Crippen LogP contribution in [-0.2, 0) is 27.5 Å². The maximum Gasteiger partial charge on any atom is 0.240 e. The molecule has 1 saturated carbocycles. The van der Waals surface area contributed by atoms with Gasteiger partial charge in [-0.15, -0.1) is 0 Å². The lowest BCUT2D eigenvalue weighted by atomic mass is 9.81. The Kier molecular flexibility index (Phi) is 6.83. The molecule has 1 heterocycles. The van der Waals surface area contributed by atoms with E-state index >= 15 is 0 Å². The van der Waals surface area contributed by atoms with Gasteiger partial charge in [0.25, 0.3) is 0 Å². The van der Waals surface area contributed by atoms with Crippen molar-refractivity contribution in [3.05, 3.63) is 35.4 Å². The van der Waals surface area contributed by atoms with E-state index in [0.29, 0.717) is 6.54 Å². The van der Waals surface area contributed by atoms with Crippen molar-refractivity contribution in [2.75, 3.05) is 19.6 Å². The number of imide groups is 1. The van der Waals surface area contributed by atoms with Crippen molar-refractivity contribution in [1.29, 1.82) is 0 Å². The first kappa shape index (κ1) is 20.5. The predicted molar refractivity (Wildman–Crippen MR) is 107 cm³/mol. The lowest BCUT2D eigenvalue weighted by Gasteiger charge is -2.20. The molecule has 1 N–H and O–H groups in total. The summed E-state index contributed by atoms with van der Waals surface area (Å²) in [5, 5.41) is 2.89. The molecule has 1 saturated heterocycles. The highest BCUT2D eigenvalue weighted by Gasteiger charge is 2.48. The smallest absolute Gasteiger partial charge is 0.240 e. The first-order chi connectivity index (χ1) is 13.5. The van der Waals surface area contributed by atoms with Gasteiger partial charge in [-0.05, 0) is 37.1 Å². The fourth-order valence-electron chi connectivity index (χ4n) is 4.35. The van der Waals surface area contributed by atoms with E-state index in [-0.39, 0.29) is 36.1 Å². The van der Waals surface area contributed by atoms with E-state index in [1.807, 2.05) is 18.2 Å². The first-order valence-electron chi connectivity index (χ1n) is 10.5. The van der Waals surface area contributed by atoms with Crippen molar-refractivity contribution in [2.45, 2.75) is 52.6 Å². The van der Waals surface area contributed by atoms with Crippen LogP contribution in [0.15, 0.2) is 24.3 Å². The van der Waals surface area contributed by atoms with E-state index < -0.39 is 0 Å². The van der Waals surface area contributed by atoms with Gasteiger partial charge in [0, 0.05) is 13.1 Å². The number of fused-ring (bicyclic) bond motifs is 1. The summed E-state index contributed by atoms with van der Waals surface area (Å²) in [4.78, 5) is 41.0. The van der Waals surface area contributed by atoms with E-state index in [1.54, 1.807) is 0 Å². The largest absolute Gasteiger partial charge is 0.350 e. The van der Waals surface area contributed by atoms with Crippen LogP contribution < -0.4 is 5.32 Å². The minimum absolute atomic E-state index is 0.160. The average molecular weight is 386 g/mol. The predicted octanol–water partition coefficient (Wildman–Crippen LogP) is 2.32. The summed E-state index contributed by atoms with van der Waals surface area (Å²) in [6.07, 6.45) is 3.52. The third kappa shape index (κ3) is 4.43. The second-order valence-electron chi connectivity index (χ2n) is 7.77. The molecule has 1 aromatic carbocycles. The SMILES string of the molecule is CCN(CC)Cc1ccccc1CNC(=O)CN1C(=O)C2CCCCC2C1=O. The molecule has 152 valence electrons. The molecule has 6 nitrogen and oxygen atoms in total. The molecule has 28 heavy (non-hydrogen) atoms. The Balaban J connectivity index is 1.58. The summed E-state index contributed by atoms with van der Waals surface area (Å²) in [6.45, 7) is 7.29. The standard InChI is InChI=1S/C22H31N3O3/c1-3-24(4-2)14-17-10-6-5-9-16(17)13-23-20(26)15-25-21(27)18-11-7-8-12-19(18)22(25)28/h5-6,9-10,18-19H,3-4,7-8,11-15H2,1-2H3,(H,23,26). The number of likely N-dealkylation sites (tertiary alicyclic amines) is 1. The maximum absolute atomic E-state index is 12.5. The average Bonchev–Trinajstić information content (AvgIpc) is 2.96. The lowest BCUT2D eigenvalue weighted by molar-refractivity contribution is -0.143. The van der Waals surface area contributed by atoms with Crippen LogP contribution in [0.1, 0.15) is 50.7 Å². The summed E-state index contributed by atoms with van der Waals surface area (Å²) < 4.78 is 0. The highest BCUT2D eigenvalue weighted by Crippen LogP contribution is 2.37. The van der Waals surface area contributed by atoms with Crippen LogP contribution >= 0.6 is 0 Å². The molecule has 2 aliphatic rings. The van der Waals surface area contributed by atoms with E-state index in [4.69, 9.17) is 0 Å². The lowest BCUT2D eigenvalue weighted by Crippen LogP contribution is -2.40. The highest BCUT2D eigenvalue weighted by molar-refractivity contribution is 6.07. The summed E-state index contributed by atoms with van der Waals surface area (Å²) in [5.41, 5.74) is 2.25. The normalized spacial score (nSPS) is 21.9. The zero-order valence-electron chi connectivity index (χ0n) is 16.9. The van der Waals surface area contributed by atoms with Gasteiger partial charge in [-0.1, -0.05) is 51.0 Å². The Bertz CT molecular complexity index is 705. The van der Waals surface area contributed by atoms with Gasteiger partial charge in [-0.25, -0.2) is 0 Å². The molecule has 0 aromatic heterocycles. The Morgan fingerprint density at radius 2 is 1.61 bits per heavy atom. The summed E-state index contributed by atoms with van der Waals surface area (Å²) in [5.74, 6) is -1.01. The number of benzene rings is 1. The Labute approximate surface area is 167 Å². The second-order valence-corrected chi connectivity index (χ2v) is 7.77. The van der Waals surface area contributed by atoms with Gasteiger partial charge >= 0.3 is 0 Å². The topological polar surface area (TPSA) is 69.7 Å². The highest BCUT2D eigenvalue weighted by atomic mass is 16.2. The molecule has 3 rings (SSSR count). The second kappa shape index (κ2) is 9.32. The Hall–Kier alpha value is -2.21. The minimum atomic E-state index is -0.280. The molecule has 1 aromatic rings. The van der Waals surface area contributed by atoms with Crippen molar-refractivity contribution in [1.82, 2.24) is 15.1 Å². The third-order valence-corrected chi connectivity index (χ3v) is 6.12. The van der Waals surface area contributed by atoms with E-state index in [0.717, 1.165) is 50.9 Å². The number of amides is 3. The molecule has 2 fully saturated rings. The molecule has 1 aliphatic carbocycles. The molecule has 0 bridgehead atoms. The number of nitrogens with zero attached hydrogens (tertiary/aromatic N) is 2. The Morgan fingerprint density at radius 3 is 2.18 bits per heavy atom. The van der Waals surface area contributed by atoms with E-state index in [9.17, 15) is 14.4 Å². The van der Waals surface area contributed by atoms with E-state index in [1.165, 1.54) is 10.5 Å². The molecule has 0 radical (unpaired) electrons. The van der Waals surface area contributed by atoms with Crippen molar-refractivity contribution in [3.8, 4) is 0 Å². The van der Waals surface area contributed by atoms with Crippen LogP contribution in [0.25, 0.3) is 0 Å². The molecule has 0 spiro atoms. The van der Waals surface area contributed by atoms with Gasteiger partial charge in [0.05, 0.1) is 11.8 Å². The van der Waals surface area contributed by atoms with Crippen LogP contribution in [0.4, 0.5) is 0 Å². The van der Waals surface area contributed by atoms with Crippen LogP contribution in [-0.4, -0.2) is 47.2 Å². The number of hydrogen-bond acceptors (Lipinski definition) is 4. The molecular weight excluding hydrogens is 354 g/mol. The zero-order valence-corrected chi connectivity index (χ0v) is 16.9. The van der Waals surface area contributed by atoms with Crippen molar-refractivity contribution < 1.29 is 14.4 Å². The number of carbonyl (C=O) groups is 3. The van der Waals surface area contributed by atoms with Crippen molar-refractivity contribution in [2.24, 2.45) is 11.8 Å². The fourth-order valence-corrected chi connectivity index (χ4v) is 4.35. The fraction of sp³-hybridized carbons (Fsp3) is 0.591. The third-order valence-electron chi connectivity index (χ3n) is 6.12. The number of hydrogen-bond donors (Lipinski definition) is 1. The van der Waals surface area contributed by atoms with Crippen LogP contribution in [0.3, 0.4) is 0 Å². The van der Waals surface area contributed by atoms with Gasteiger partial charge in [0.15, 0.2) is 0 Å². The van der Waals surface area contributed by atoms with Gasteiger partial charge in [0.2, 0.25) is 17.7 Å². The zero-order chi connectivity index (χ0) is 20.1. The van der Waals surface area contributed by atoms with Crippen LogP contribution in [0, 0.1) is 11.8 Å². The molecular formula is C22H31N3O3. The summed E-state index contributed by atoms with van der Waals surface area (Å²) in [6, 6.07) is 8.07. The van der Waals surface area contributed by atoms with E-state index in [2.05, 4.69) is 30.1 Å². The minimum Gasteiger partial charge on any atom is -0.350 e. The number of carbonyl (C=O) groups excluding carboxylic acids is 3. The monoisotopic (exact) mass is 385 g/mol. The Morgan fingerprint density at radius 1 is 1.04 bits per heavy atom. The quantitative estimate of drug-likeness (QED) is 0.697. The summed E-state index contributed by atoms with van der Waals surface area (Å²) >= 11 is 0. The molecule has 6 heteroatoms. The van der Waals surface area contributed by atoms with Crippen molar-refractivity contribution in [3.63, 3.8) is 0 Å². The van der Waals surface area contributed by atoms with Crippen molar-refractivity contribution >= 4 is 17.7 Å². The molecule has 2 unspecified atom stereocenters. The molecule has 1 aliphatic heterocycles. The van der Waals surface area contributed by atoms with Crippen LogP contribution in [0.2, 0.25) is 0 Å². The van der Waals surface area contributed by atoms with Gasteiger partial charge < -0.3 is 5.32 Å².